The maximum atomic E-state index is 12.7. The Bertz CT molecular complexity index is 693. The third-order valence-corrected chi connectivity index (χ3v) is 5.12. The molecule has 1 amide bonds. The van der Waals surface area contributed by atoms with Crippen LogP contribution in [0.1, 0.15) is 51.3 Å². The fourth-order valence-corrected chi connectivity index (χ4v) is 3.80. The lowest BCUT2D eigenvalue weighted by molar-refractivity contribution is -0.132. The average molecular weight is 339 g/mol. The van der Waals surface area contributed by atoms with Crippen LogP contribution in [-0.2, 0) is 4.79 Å². The molecule has 0 aromatic carbocycles. The van der Waals surface area contributed by atoms with E-state index in [9.17, 15) is 4.79 Å². The van der Waals surface area contributed by atoms with Crippen molar-refractivity contribution in [1.29, 1.82) is 5.26 Å². The van der Waals surface area contributed by atoms with Crippen LogP contribution in [0.25, 0.3) is 0 Å². The van der Waals surface area contributed by atoms with Crippen molar-refractivity contribution in [3.63, 3.8) is 0 Å². The van der Waals surface area contributed by atoms with Gasteiger partial charge in [-0.2, -0.15) is 5.26 Å². The van der Waals surface area contributed by atoms with Crippen molar-refractivity contribution < 1.29 is 4.79 Å². The van der Waals surface area contributed by atoms with Gasteiger partial charge in [-0.25, -0.2) is 9.97 Å². The van der Waals surface area contributed by atoms with Gasteiger partial charge in [-0.1, -0.05) is 24.5 Å². The molecule has 0 unspecified atom stereocenters. The number of carbonyl (C=O) groups is 1. The van der Waals surface area contributed by atoms with Crippen LogP contribution in [0.2, 0.25) is 0 Å². The van der Waals surface area contributed by atoms with Gasteiger partial charge in [-0.15, -0.1) is 0 Å². The van der Waals surface area contributed by atoms with E-state index < -0.39 is 0 Å². The molecule has 25 heavy (non-hydrogen) atoms. The van der Waals surface area contributed by atoms with E-state index in [2.05, 4.69) is 28.3 Å². The number of nitrogens with one attached hydrogen (secondary N) is 1. The second-order valence-corrected chi connectivity index (χ2v) is 7.03. The van der Waals surface area contributed by atoms with Crippen LogP contribution in [0.3, 0.4) is 0 Å². The van der Waals surface area contributed by atoms with E-state index in [1.54, 1.807) is 12.3 Å². The largest absolute Gasteiger partial charge is 0.367 e. The van der Waals surface area contributed by atoms with Gasteiger partial charge in [-0.3, -0.25) is 4.79 Å². The van der Waals surface area contributed by atoms with Crippen molar-refractivity contribution in [2.24, 2.45) is 5.92 Å². The van der Waals surface area contributed by atoms with Crippen LogP contribution in [-0.4, -0.2) is 39.9 Å². The summed E-state index contributed by atoms with van der Waals surface area (Å²) in [5, 5.41) is 12.4. The molecular formula is C19H25N5O. The lowest BCUT2D eigenvalue weighted by Gasteiger charge is -2.34. The molecule has 0 radical (unpaired) electrons. The zero-order valence-electron chi connectivity index (χ0n) is 14.7. The minimum Gasteiger partial charge on any atom is -0.367 e. The van der Waals surface area contributed by atoms with Gasteiger partial charge in [-0.05, 0) is 38.2 Å². The van der Waals surface area contributed by atoms with Crippen LogP contribution in [0.4, 0.5) is 5.82 Å². The first kappa shape index (κ1) is 17.4. The van der Waals surface area contributed by atoms with E-state index in [4.69, 9.17) is 5.26 Å². The van der Waals surface area contributed by atoms with Crippen molar-refractivity contribution in [2.45, 2.75) is 51.5 Å². The molecule has 1 aromatic heterocycles. The standard InChI is InChI=1S/C19H25N5O/c1-14-5-4-10-24(13-14)19(25)11-15-6-2-3-7-16(15)22-17-8-9-21-18(12-20)23-17/h5,8-9,15-16H,2-4,6-7,10-11,13H2,1H3,(H,21,22,23)/t15-,16-/m0/s1. The molecule has 0 bridgehead atoms. The Balaban J connectivity index is 1.63. The molecule has 0 spiro atoms. The quantitative estimate of drug-likeness (QED) is 0.853. The highest BCUT2D eigenvalue weighted by atomic mass is 16.2. The van der Waals surface area contributed by atoms with Gasteiger partial charge in [0.05, 0.1) is 0 Å². The van der Waals surface area contributed by atoms with E-state index in [-0.39, 0.29) is 17.8 Å². The van der Waals surface area contributed by atoms with E-state index >= 15 is 0 Å². The summed E-state index contributed by atoms with van der Waals surface area (Å²) in [4.78, 5) is 22.8. The van der Waals surface area contributed by atoms with E-state index in [0.717, 1.165) is 38.8 Å². The molecular weight excluding hydrogens is 314 g/mol. The van der Waals surface area contributed by atoms with Crippen molar-refractivity contribution in [1.82, 2.24) is 14.9 Å². The molecule has 3 rings (SSSR count). The predicted molar refractivity (Wildman–Crippen MR) is 95.7 cm³/mol. The molecule has 1 aliphatic heterocycles. The molecule has 1 saturated carbocycles. The van der Waals surface area contributed by atoms with Gasteiger partial charge in [0, 0.05) is 31.7 Å². The highest BCUT2D eigenvalue weighted by Gasteiger charge is 2.29. The molecule has 1 aliphatic carbocycles. The van der Waals surface area contributed by atoms with Crippen molar-refractivity contribution >= 4 is 11.7 Å². The summed E-state index contributed by atoms with van der Waals surface area (Å²) >= 11 is 0. The maximum absolute atomic E-state index is 12.7. The van der Waals surface area contributed by atoms with Gasteiger partial charge in [0.1, 0.15) is 11.9 Å². The number of amides is 1. The second kappa shape index (κ2) is 8.11. The summed E-state index contributed by atoms with van der Waals surface area (Å²) in [5.41, 5.74) is 1.28. The lowest BCUT2D eigenvalue weighted by atomic mass is 9.82. The molecule has 132 valence electrons. The predicted octanol–water partition coefficient (Wildman–Crippen LogP) is 2.89. The first-order chi connectivity index (χ1) is 12.2. The number of aromatic nitrogens is 2. The number of nitriles is 1. The van der Waals surface area contributed by atoms with Gasteiger partial charge in [0.25, 0.3) is 0 Å². The number of hydrogen-bond acceptors (Lipinski definition) is 5. The molecule has 6 nitrogen and oxygen atoms in total. The van der Waals surface area contributed by atoms with Crippen LogP contribution in [0.15, 0.2) is 23.9 Å². The summed E-state index contributed by atoms with van der Waals surface area (Å²) in [6, 6.07) is 3.97. The first-order valence-corrected chi connectivity index (χ1v) is 9.09. The van der Waals surface area contributed by atoms with Crippen LogP contribution >= 0.6 is 0 Å². The average Bonchev–Trinajstić information content (AvgIpc) is 2.63. The van der Waals surface area contributed by atoms with Gasteiger partial charge in [0.2, 0.25) is 11.7 Å². The zero-order valence-corrected chi connectivity index (χ0v) is 14.7. The Labute approximate surface area is 149 Å². The molecule has 2 aliphatic rings. The topological polar surface area (TPSA) is 81.9 Å². The SMILES string of the molecule is CC1=CCCN(C(=O)C[C@@H]2CCCC[C@@H]2Nc2ccnc(C#N)n2)C1. The molecule has 1 N–H and O–H groups in total. The first-order valence-electron chi connectivity index (χ1n) is 9.09. The maximum Gasteiger partial charge on any atom is 0.234 e. The van der Waals surface area contributed by atoms with Crippen LogP contribution < -0.4 is 5.32 Å². The Morgan fingerprint density at radius 1 is 1.44 bits per heavy atom. The number of nitrogens with zero attached hydrogens (tertiary/aromatic N) is 4. The zero-order chi connectivity index (χ0) is 17.6. The summed E-state index contributed by atoms with van der Waals surface area (Å²) < 4.78 is 0. The highest BCUT2D eigenvalue weighted by Crippen LogP contribution is 2.30. The third kappa shape index (κ3) is 4.56. The smallest absolute Gasteiger partial charge is 0.234 e. The lowest BCUT2D eigenvalue weighted by Crippen LogP contribution is -2.40. The van der Waals surface area contributed by atoms with Crippen molar-refractivity contribution in [2.75, 3.05) is 18.4 Å². The monoisotopic (exact) mass is 339 g/mol. The molecule has 2 atom stereocenters. The fraction of sp³-hybridized carbons (Fsp3) is 0.579. The van der Waals surface area contributed by atoms with Gasteiger partial charge < -0.3 is 10.2 Å². The number of hydrogen-bond donors (Lipinski definition) is 1. The second-order valence-electron chi connectivity index (χ2n) is 7.03. The molecule has 0 saturated heterocycles. The Morgan fingerprint density at radius 2 is 2.28 bits per heavy atom. The normalized spacial score (nSPS) is 23.5. The summed E-state index contributed by atoms with van der Waals surface area (Å²) in [6.45, 7) is 3.69. The summed E-state index contributed by atoms with van der Waals surface area (Å²) in [5.74, 6) is 1.41. The summed E-state index contributed by atoms with van der Waals surface area (Å²) in [6.07, 6.45) is 9.77. The Hall–Kier alpha value is -2.42. The number of anilines is 1. The third-order valence-electron chi connectivity index (χ3n) is 5.12. The summed E-state index contributed by atoms with van der Waals surface area (Å²) in [7, 11) is 0. The van der Waals surface area contributed by atoms with Crippen LogP contribution in [0, 0.1) is 17.2 Å². The van der Waals surface area contributed by atoms with Gasteiger partial charge in [0.15, 0.2) is 0 Å². The van der Waals surface area contributed by atoms with Crippen molar-refractivity contribution in [3.05, 3.63) is 29.7 Å². The fourth-order valence-electron chi connectivity index (χ4n) is 3.80. The highest BCUT2D eigenvalue weighted by molar-refractivity contribution is 5.77. The van der Waals surface area contributed by atoms with Crippen molar-refractivity contribution in [3.8, 4) is 6.07 Å². The molecule has 1 fully saturated rings. The van der Waals surface area contributed by atoms with Crippen LogP contribution in [0.5, 0.6) is 0 Å². The molecule has 1 aromatic rings. The Morgan fingerprint density at radius 3 is 3.08 bits per heavy atom. The van der Waals surface area contributed by atoms with E-state index in [0.29, 0.717) is 18.2 Å². The molecule has 2 heterocycles. The molecule has 6 heteroatoms. The minimum atomic E-state index is 0.170. The van der Waals surface area contributed by atoms with E-state index in [1.807, 2.05) is 11.0 Å². The Kier molecular flexibility index (Phi) is 5.64. The van der Waals surface area contributed by atoms with E-state index in [1.165, 1.54) is 12.0 Å². The number of carbonyl (C=O) groups excluding carboxylic acids is 1. The van der Waals surface area contributed by atoms with Gasteiger partial charge >= 0.3 is 0 Å². The minimum absolute atomic E-state index is 0.170. The number of rotatable bonds is 4.